The molecule has 2 aromatic rings. The van der Waals surface area contributed by atoms with Crippen LogP contribution in [0, 0.1) is 0 Å². The lowest BCUT2D eigenvalue weighted by Crippen LogP contribution is -1.97. The van der Waals surface area contributed by atoms with Gasteiger partial charge in [-0.05, 0) is 18.1 Å². The highest BCUT2D eigenvalue weighted by Gasteiger charge is 2.13. The Hall–Kier alpha value is -0.870. The average molecular weight is 269 g/mol. The number of aromatic nitrogens is 2. The van der Waals surface area contributed by atoms with Crippen molar-refractivity contribution in [2.75, 3.05) is 0 Å². The third kappa shape index (κ3) is 1.79. The Morgan fingerprint density at radius 3 is 2.87 bits per heavy atom. The summed E-state index contributed by atoms with van der Waals surface area (Å²) in [6.45, 7) is 4.18. The van der Waals surface area contributed by atoms with Crippen LogP contribution in [0.1, 0.15) is 31.2 Å². The molecule has 0 fully saturated rings. The van der Waals surface area contributed by atoms with Gasteiger partial charge >= 0.3 is 0 Å². The Morgan fingerprint density at radius 1 is 1.53 bits per heavy atom. The van der Waals surface area contributed by atoms with Gasteiger partial charge in [-0.25, -0.2) is 4.98 Å². The van der Waals surface area contributed by atoms with Crippen molar-refractivity contribution < 1.29 is 5.11 Å². The molecule has 0 bridgehead atoms. The molecule has 0 aliphatic rings. The minimum Gasteiger partial charge on any atom is -0.390 e. The molecule has 15 heavy (non-hydrogen) atoms. The van der Waals surface area contributed by atoms with Crippen molar-refractivity contribution in [1.29, 1.82) is 0 Å². The highest BCUT2D eigenvalue weighted by atomic mass is 79.9. The van der Waals surface area contributed by atoms with Gasteiger partial charge in [0.05, 0.1) is 18.0 Å². The van der Waals surface area contributed by atoms with E-state index in [1.807, 2.05) is 22.7 Å². The summed E-state index contributed by atoms with van der Waals surface area (Å²) in [5.74, 6) is 0.325. The van der Waals surface area contributed by atoms with Gasteiger partial charge in [0.25, 0.3) is 0 Å². The molecule has 2 rings (SSSR count). The third-order valence-corrected chi connectivity index (χ3v) is 2.91. The van der Waals surface area contributed by atoms with Crippen molar-refractivity contribution in [3.63, 3.8) is 0 Å². The van der Waals surface area contributed by atoms with Gasteiger partial charge in [0.2, 0.25) is 0 Å². The number of nitrogens with zero attached hydrogens (tertiary/aromatic N) is 2. The lowest BCUT2D eigenvalue weighted by Gasteiger charge is -2.03. The van der Waals surface area contributed by atoms with E-state index >= 15 is 0 Å². The Balaban J connectivity index is 2.73. The first kappa shape index (κ1) is 10.6. The van der Waals surface area contributed by atoms with Gasteiger partial charge in [-0.3, -0.25) is 0 Å². The largest absolute Gasteiger partial charge is 0.390 e. The van der Waals surface area contributed by atoms with E-state index in [0.29, 0.717) is 5.92 Å². The van der Waals surface area contributed by atoms with Crippen LogP contribution in [0.3, 0.4) is 0 Å². The van der Waals surface area contributed by atoms with Crippen LogP contribution < -0.4 is 0 Å². The van der Waals surface area contributed by atoms with E-state index < -0.39 is 0 Å². The van der Waals surface area contributed by atoms with Gasteiger partial charge in [0, 0.05) is 10.7 Å². The van der Waals surface area contributed by atoms with Crippen molar-refractivity contribution in [3.05, 3.63) is 34.2 Å². The molecule has 0 saturated carbocycles. The fourth-order valence-electron chi connectivity index (χ4n) is 1.71. The second-order valence-electron chi connectivity index (χ2n) is 3.83. The summed E-state index contributed by atoms with van der Waals surface area (Å²) in [5.41, 5.74) is 2.72. The lowest BCUT2D eigenvalue weighted by atomic mass is 10.1. The third-order valence-electron chi connectivity index (χ3n) is 2.41. The van der Waals surface area contributed by atoms with E-state index in [1.165, 1.54) is 0 Å². The van der Waals surface area contributed by atoms with E-state index in [2.05, 4.69) is 34.8 Å². The summed E-state index contributed by atoms with van der Waals surface area (Å²) in [6.07, 6.45) is 1.92. The minimum atomic E-state index is 0.0241. The second kappa shape index (κ2) is 3.94. The minimum absolute atomic E-state index is 0.0241. The average Bonchev–Trinajstić information content (AvgIpc) is 2.55. The predicted molar refractivity (Wildman–Crippen MR) is 62.9 cm³/mol. The number of halogens is 1. The topological polar surface area (TPSA) is 37.5 Å². The maximum atomic E-state index is 9.35. The van der Waals surface area contributed by atoms with E-state index in [0.717, 1.165) is 21.5 Å². The first-order chi connectivity index (χ1) is 7.13. The van der Waals surface area contributed by atoms with E-state index in [4.69, 9.17) is 0 Å². The number of aliphatic hydroxyl groups excluding tert-OH is 1. The fourth-order valence-corrected chi connectivity index (χ4v) is 2.03. The predicted octanol–water partition coefficient (Wildman–Crippen LogP) is 2.71. The number of aliphatic hydroxyl groups is 1. The maximum Gasteiger partial charge on any atom is 0.138 e. The van der Waals surface area contributed by atoms with Crippen LogP contribution in [-0.2, 0) is 6.61 Å². The standard InChI is InChI=1S/C11H13BrN2O/c1-7(2)11-9(6-15)14-4-3-8(12)5-10(14)13-11/h3-5,7,15H,6H2,1-2H3. The molecule has 2 heterocycles. The van der Waals surface area contributed by atoms with E-state index in [9.17, 15) is 5.11 Å². The summed E-state index contributed by atoms with van der Waals surface area (Å²) in [6, 6.07) is 3.89. The van der Waals surface area contributed by atoms with Gasteiger partial charge in [0.1, 0.15) is 5.65 Å². The smallest absolute Gasteiger partial charge is 0.138 e. The number of hydrogen-bond acceptors (Lipinski definition) is 2. The molecule has 0 aliphatic carbocycles. The first-order valence-electron chi connectivity index (χ1n) is 4.90. The highest BCUT2D eigenvalue weighted by molar-refractivity contribution is 9.10. The molecule has 0 amide bonds. The molecule has 0 saturated heterocycles. The molecule has 4 heteroatoms. The van der Waals surface area contributed by atoms with Crippen LogP contribution in [0.5, 0.6) is 0 Å². The fraction of sp³-hybridized carbons (Fsp3) is 0.364. The second-order valence-corrected chi connectivity index (χ2v) is 4.75. The Kier molecular flexibility index (Phi) is 2.80. The van der Waals surface area contributed by atoms with Gasteiger partial charge in [-0.1, -0.05) is 29.8 Å². The molecule has 0 unspecified atom stereocenters. The molecule has 0 spiro atoms. The van der Waals surface area contributed by atoms with E-state index in [-0.39, 0.29) is 6.61 Å². The number of hydrogen-bond donors (Lipinski definition) is 1. The lowest BCUT2D eigenvalue weighted by molar-refractivity contribution is 0.274. The monoisotopic (exact) mass is 268 g/mol. The van der Waals surface area contributed by atoms with Crippen molar-refractivity contribution in [2.24, 2.45) is 0 Å². The first-order valence-corrected chi connectivity index (χ1v) is 5.70. The molecule has 2 aromatic heterocycles. The Bertz CT molecular complexity index is 491. The zero-order valence-corrected chi connectivity index (χ0v) is 10.3. The van der Waals surface area contributed by atoms with Crippen LogP contribution in [0.25, 0.3) is 5.65 Å². The number of pyridine rings is 1. The maximum absolute atomic E-state index is 9.35. The molecular formula is C11H13BrN2O. The SMILES string of the molecule is CC(C)c1nc2cc(Br)ccn2c1CO. The molecular weight excluding hydrogens is 256 g/mol. The van der Waals surface area contributed by atoms with Crippen molar-refractivity contribution in [2.45, 2.75) is 26.4 Å². The Morgan fingerprint density at radius 2 is 2.27 bits per heavy atom. The summed E-state index contributed by atoms with van der Waals surface area (Å²) >= 11 is 3.41. The van der Waals surface area contributed by atoms with Crippen LogP contribution in [0.15, 0.2) is 22.8 Å². The van der Waals surface area contributed by atoms with Crippen LogP contribution in [0.2, 0.25) is 0 Å². The van der Waals surface area contributed by atoms with Crippen molar-refractivity contribution >= 4 is 21.6 Å². The number of fused-ring (bicyclic) bond motifs is 1. The van der Waals surface area contributed by atoms with Crippen molar-refractivity contribution in [1.82, 2.24) is 9.38 Å². The quantitative estimate of drug-likeness (QED) is 0.910. The summed E-state index contributed by atoms with van der Waals surface area (Å²) in [5, 5.41) is 9.35. The molecule has 0 atom stereocenters. The zero-order valence-electron chi connectivity index (χ0n) is 8.74. The number of imidazole rings is 1. The van der Waals surface area contributed by atoms with Gasteiger partial charge < -0.3 is 9.51 Å². The molecule has 80 valence electrons. The Labute approximate surface area is 96.9 Å². The summed E-state index contributed by atoms with van der Waals surface area (Å²) in [7, 11) is 0. The molecule has 3 nitrogen and oxygen atoms in total. The molecule has 1 N–H and O–H groups in total. The highest BCUT2D eigenvalue weighted by Crippen LogP contribution is 2.22. The van der Waals surface area contributed by atoms with Gasteiger partial charge in [-0.15, -0.1) is 0 Å². The van der Waals surface area contributed by atoms with Crippen LogP contribution in [0.4, 0.5) is 0 Å². The summed E-state index contributed by atoms with van der Waals surface area (Å²) in [4.78, 5) is 4.52. The summed E-state index contributed by atoms with van der Waals surface area (Å²) < 4.78 is 2.93. The van der Waals surface area contributed by atoms with Crippen molar-refractivity contribution in [3.8, 4) is 0 Å². The molecule has 0 aliphatic heterocycles. The number of rotatable bonds is 2. The molecule has 0 radical (unpaired) electrons. The van der Waals surface area contributed by atoms with Gasteiger partial charge in [-0.2, -0.15) is 0 Å². The normalized spacial score (nSPS) is 11.5. The van der Waals surface area contributed by atoms with Crippen LogP contribution in [-0.4, -0.2) is 14.5 Å². The van der Waals surface area contributed by atoms with E-state index in [1.54, 1.807) is 0 Å². The van der Waals surface area contributed by atoms with Crippen LogP contribution >= 0.6 is 15.9 Å². The zero-order chi connectivity index (χ0) is 11.0. The molecule has 0 aromatic carbocycles. The van der Waals surface area contributed by atoms with Gasteiger partial charge in [0.15, 0.2) is 0 Å².